The van der Waals surface area contributed by atoms with Crippen LogP contribution in [0.2, 0.25) is 0 Å². The van der Waals surface area contributed by atoms with E-state index in [1.165, 1.54) is 17.7 Å². The number of nitrogens with one attached hydrogen (secondary N) is 2. The predicted molar refractivity (Wildman–Crippen MR) is 131 cm³/mol. The van der Waals surface area contributed by atoms with Gasteiger partial charge in [-0.1, -0.05) is 32.8 Å². The molecule has 0 bridgehead atoms. The molecule has 2 heterocycles. The highest BCUT2D eigenvalue weighted by molar-refractivity contribution is 7.80. The quantitative estimate of drug-likeness (QED) is 0.546. The zero-order valence-corrected chi connectivity index (χ0v) is 20.6. The smallest absolute Gasteiger partial charge is 0.239 e. The van der Waals surface area contributed by atoms with Gasteiger partial charge in [0.05, 0.1) is 26.3 Å². The Bertz CT molecular complexity index is 679. The average Bonchev–Trinajstić information content (AvgIpc) is 3.28. The Balaban J connectivity index is 1.45. The van der Waals surface area contributed by atoms with E-state index >= 15 is 0 Å². The van der Waals surface area contributed by atoms with Gasteiger partial charge in [0.15, 0.2) is 5.11 Å². The number of thiocarbonyl (C=S) groups is 1. The van der Waals surface area contributed by atoms with Crippen molar-refractivity contribution in [3.05, 3.63) is 22.4 Å². The second-order valence-corrected chi connectivity index (χ2v) is 10.3. The molecule has 1 aliphatic heterocycles. The molecule has 1 saturated heterocycles. The summed E-state index contributed by atoms with van der Waals surface area (Å²) in [4.78, 5) is 18.5. The van der Waals surface area contributed by atoms with E-state index in [-0.39, 0.29) is 18.5 Å². The molecule has 0 spiro atoms. The van der Waals surface area contributed by atoms with Crippen molar-refractivity contribution in [1.29, 1.82) is 0 Å². The first-order chi connectivity index (χ1) is 15.0. The van der Waals surface area contributed by atoms with Crippen LogP contribution in [0, 0.1) is 11.8 Å². The summed E-state index contributed by atoms with van der Waals surface area (Å²) in [5.41, 5.74) is 0. The number of amides is 1. The molecule has 0 aromatic carbocycles. The van der Waals surface area contributed by atoms with Gasteiger partial charge in [-0.15, -0.1) is 11.3 Å². The molecule has 1 aromatic rings. The molecule has 6 nitrogen and oxygen atoms in total. The van der Waals surface area contributed by atoms with Gasteiger partial charge in [-0.05, 0) is 48.3 Å². The Morgan fingerprint density at radius 3 is 2.87 bits per heavy atom. The first-order valence-corrected chi connectivity index (χ1v) is 13.0. The highest BCUT2D eigenvalue weighted by atomic mass is 32.1. The Labute approximate surface area is 196 Å². The zero-order valence-electron chi connectivity index (χ0n) is 19.0. The molecule has 1 aliphatic carbocycles. The van der Waals surface area contributed by atoms with Crippen LogP contribution < -0.4 is 10.6 Å². The van der Waals surface area contributed by atoms with Gasteiger partial charge in [-0.25, -0.2) is 0 Å². The van der Waals surface area contributed by atoms with Crippen molar-refractivity contribution >= 4 is 34.6 Å². The lowest BCUT2D eigenvalue weighted by atomic mass is 9.78. The zero-order chi connectivity index (χ0) is 22.1. The molecule has 1 aromatic heterocycles. The van der Waals surface area contributed by atoms with Crippen LogP contribution in [0.3, 0.4) is 0 Å². The lowest BCUT2D eigenvalue weighted by Crippen LogP contribution is -2.49. The summed E-state index contributed by atoms with van der Waals surface area (Å²) in [6, 6.07) is 4.49. The summed E-state index contributed by atoms with van der Waals surface area (Å²) >= 11 is 7.43. The number of morpholine rings is 1. The standard InChI is InChI=1S/C23H38N4O2S2/c1-18-6-3-8-21(19(18)2)25-22(28)16-24-23(30)27(17-20-7-4-15-31-20)10-5-9-26-11-13-29-14-12-26/h4,7,15,18-19,21H,3,5-6,8-14,16-17H2,1-2H3,(H,24,30)(H,25,28). The van der Waals surface area contributed by atoms with E-state index in [2.05, 4.69) is 51.8 Å². The summed E-state index contributed by atoms with van der Waals surface area (Å²) in [6.07, 6.45) is 4.57. The highest BCUT2D eigenvalue weighted by Crippen LogP contribution is 2.29. The number of nitrogens with zero attached hydrogens (tertiary/aromatic N) is 2. The SMILES string of the molecule is CC1CCCC(NC(=O)CNC(=S)N(CCCN2CCOCC2)Cc2cccs2)C1C. The van der Waals surface area contributed by atoms with E-state index in [1.54, 1.807) is 11.3 Å². The fourth-order valence-electron chi connectivity index (χ4n) is 4.46. The van der Waals surface area contributed by atoms with Gasteiger partial charge < -0.3 is 20.3 Å². The number of rotatable bonds is 9. The van der Waals surface area contributed by atoms with Crippen LogP contribution >= 0.6 is 23.6 Å². The Hall–Kier alpha value is -1.22. The van der Waals surface area contributed by atoms with Gasteiger partial charge in [0.1, 0.15) is 0 Å². The average molecular weight is 467 g/mol. The van der Waals surface area contributed by atoms with Gasteiger partial charge >= 0.3 is 0 Å². The summed E-state index contributed by atoms with van der Waals surface area (Å²) in [7, 11) is 0. The molecule has 3 rings (SSSR count). The number of hydrogen-bond donors (Lipinski definition) is 2. The van der Waals surface area contributed by atoms with Crippen molar-refractivity contribution in [3.8, 4) is 0 Å². The summed E-state index contributed by atoms with van der Waals surface area (Å²) in [5, 5.41) is 9.20. The van der Waals surface area contributed by atoms with Gasteiger partial charge in [-0.3, -0.25) is 9.69 Å². The predicted octanol–water partition coefficient (Wildman–Crippen LogP) is 3.09. The van der Waals surface area contributed by atoms with Crippen molar-refractivity contribution in [2.75, 3.05) is 45.9 Å². The topological polar surface area (TPSA) is 56.8 Å². The largest absolute Gasteiger partial charge is 0.379 e. The molecule has 31 heavy (non-hydrogen) atoms. The van der Waals surface area contributed by atoms with E-state index in [9.17, 15) is 4.79 Å². The third kappa shape index (κ3) is 8.00. The minimum absolute atomic E-state index is 0.0395. The molecular weight excluding hydrogens is 428 g/mol. The molecule has 2 fully saturated rings. The minimum Gasteiger partial charge on any atom is -0.379 e. The molecule has 174 valence electrons. The van der Waals surface area contributed by atoms with Gasteiger partial charge in [-0.2, -0.15) is 0 Å². The van der Waals surface area contributed by atoms with E-state index in [4.69, 9.17) is 17.0 Å². The molecule has 2 aliphatic rings. The molecule has 8 heteroatoms. The molecule has 3 unspecified atom stereocenters. The van der Waals surface area contributed by atoms with Crippen LogP contribution in [0.25, 0.3) is 0 Å². The number of thiophene rings is 1. The molecule has 1 amide bonds. The molecule has 2 N–H and O–H groups in total. The normalized spacial score (nSPS) is 24.5. The Kier molecular flexibility index (Phi) is 10.0. The van der Waals surface area contributed by atoms with Crippen LogP contribution in [0.15, 0.2) is 17.5 Å². The van der Waals surface area contributed by atoms with Crippen LogP contribution in [0.4, 0.5) is 0 Å². The number of hydrogen-bond acceptors (Lipinski definition) is 5. The number of carbonyl (C=O) groups is 1. The molecular formula is C23H38N4O2S2. The Morgan fingerprint density at radius 2 is 2.13 bits per heavy atom. The number of carbonyl (C=O) groups excluding carboxylic acids is 1. The van der Waals surface area contributed by atoms with Crippen molar-refractivity contribution in [1.82, 2.24) is 20.4 Å². The van der Waals surface area contributed by atoms with E-state index in [0.717, 1.165) is 58.8 Å². The third-order valence-electron chi connectivity index (χ3n) is 6.67. The maximum atomic E-state index is 12.6. The van der Waals surface area contributed by atoms with Crippen LogP contribution in [-0.2, 0) is 16.1 Å². The van der Waals surface area contributed by atoms with Crippen molar-refractivity contribution < 1.29 is 9.53 Å². The van der Waals surface area contributed by atoms with Crippen molar-refractivity contribution in [2.24, 2.45) is 11.8 Å². The van der Waals surface area contributed by atoms with E-state index in [0.29, 0.717) is 16.9 Å². The highest BCUT2D eigenvalue weighted by Gasteiger charge is 2.28. The van der Waals surface area contributed by atoms with Crippen molar-refractivity contribution in [2.45, 2.75) is 52.1 Å². The Morgan fingerprint density at radius 1 is 1.32 bits per heavy atom. The third-order valence-corrected chi connectivity index (χ3v) is 7.94. The monoisotopic (exact) mass is 466 g/mol. The molecule has 0 radical (unpaired) electrons. The number of ether oxygens (including phenoxy) is 1. The first-order valence-electron chi connectivity index (χ1n) is 11.7. The first kappa shape index (κ1) is 24.4. The summed E-state index contributed by atoms with van der Waals surface area (Å²) < 4.78 is 5.44. The fourth-order valence-corrected chi connectivity index (χ4v) is 5.41. The maximum Gasteiger partial charge on any atom is 0.239 e. The lowest BCUT2D eigenvalue weighted by molar-refractivity contribution is -0.121. The van der Waals surface area contributed by atoms with E-state index < -0.39 is 0 Å². The van der Waals surface area contributed by atoms with Crippen LogP contribution in [0.5, 0.6) is 0 Å². The van der Waals surface area contributed by atoms with Crippen LogP contribution in [0.1, 0.15) is 44.4 Å². The minimum atomic E-state index is 0.0395. The molecule has 1 saturated carbocycles. The van der Waals surface area contributed by atoms with Crippen molar-refractivity contribution in [3.63, 3.8) is 0 Å². The maximum absolute atomic E-state index is 12.6. The van der Waals surface area contributed by atoms with Gasteiger partial charge in [0.2, 0.25) is 5.91 Å². The van der Waals surface area contributed by atoms with Gasteiger partial charge in [0, 0.05) is 37.1 Å². The van der Waals surface area contributed by atoms with E-state index in [1.807, 2.05) is 0 Å². The fraction of sp³-hybridized carbons (Fsp3) is 0.739. The second kappa shape index (κ2) is 12.7. The molecule has 3 atom stereocenters. The summed E-state index contributed by atoms with van der Waals surface area (Å²) in [6.45, 7) is 11.1. The lowest BCUT2D eigenvalue weighted by Gasteiger charge is -2.34. The van der Waals surface area contributed by atoms with Gasteiger partial charge in [0.25, 0.3) is 0 Å². The van der Waals surface area contributed by atoms with Crippen LogP contribution in [-0.4, -0.2) is 72.8 Å². The second-order valence-electron chi connectivity index (χ2n) is 8.91. The summed E-state index contributed by atoms with van der Waals surface area (Å²) in [5.74, 6) is 1.23.